The number of halogens is 3. The zero-order valence-electron chi connectivity index (χ0n) is 22.0. The first kappa shape index (κ1) is 28.1. The molecule has 1 atom stereocenters. The van der Waals surface area contributed by atoms with Crippen molar-refractivity contribution in [1.29, 1.82) is 0 Å². The van der Waals surface area contributed by atoms with Gasteiger partial charge in [0.2, 0.25) is 11.8 Å². The number of likely N-dealkylation sites (tertiary alicyclic amines) is 2. The van der Waals surface area contributed by atoms with E-state index in [4.69, 9.17) is 16.6 Å². The van der Waals surface area contributed by atoms with Crippen LogP contribution in [0.1, 0.15) is 80.2 Å². The van der Waals surface area contributed by atoms with E-state index in [1.165, 1.54) is 22.4 Å². The zero-order valence-corrected chi connectivity index (χ0v) is 26.0. The zero-order chi connectivity index (χ0) is 26.8. The molecule has 0 radical (unpaired) electrons. The number of carbonyl (C=O) groups is 2. The number of rotatable bonds is 5. The van der Waals surface area contributed by atoms with Gasteiger partial charge in [-0.1, -0.05) is 34.5 Å². The molecule has 2 saturated heterocycles. The molecule has 1 aromatic carbocycles. The second kappa shape index (κ2) is 12.4. The molecule has 2 aromatic rings. The molecular formula is C30H36Br2ClN3O2. The first-order valence-corrected chi connectivity index (χ1v) is 16.0. The van der Waals surface area contributed by atoms with Crippen LogP contribution in [0.25, 0.3) is 0 Å². The largest absolute Gasteiger partial charge is 0.343 e. The number of benzene rings is 1. The van der Waals surface area contributed by atoms with Gasteiger partial charge in [-0.25, -0.2) is 0 Å². The van der Waals surface area contributed by atoms with Gasteiger partial charge in [-0.05, 0) is 108 Å². The summed E-state index contributed by atoms with van der Waals surface area (Å²) in [5.41, 5.74) is 5.08. The third kappa shape index (κ3) is 6.15. The summed E-state index contributed by atoms with van der Waals surface area (Å²) < 4.78 is 2.07. The number of hydrogen-bond donors (Lipinski definition) is 0. The molecule has 3 heterocycles. The van der Waals surface area contributed by atoms with Crippen LogP contribution >= 0.6 is 43.5 Å². The maximum absolute atomic E-state index is 13.3. The third-order valence-corrected chi connectivity index (χ3v) is 9.98. The van der Waals surface area contributed by atoms with Crippen LogP contribution in [-0.4, -0.2) is 52.8 Å². The van der Waals surface area contributed by atoms with Crippen molar-refractivity contribution in [2.24, 2.45) is 11.8 Å². The van der Waals surface area contributed by atoms with Gasteiger partial charge in [0.05, 0.1) is 5.69 Å². The fourth-order valence-corrected chi connectivity index (χ4v) is 8.15. The molecule has 3 aliphatic rings. The van der Waals surface area contributed by atoms with Crippen molar-refractivity contribution < 1.29 is 9.59 Å². The molecule has 5 nitrogen and oxygen atoms in total. The van der Waals surface area contributed by atoms with E-state index in [9.17, 15) is 9.59 Å². The molecule has 204 valence electrons. The van der Waals surface area contributed by atoms with Gasteiger partial charge in [-0.15, -0.1) is 0 Å². The minimum atomic E-state index is 0.185. The lowest BCUT2D eigenvalue weighted by Crippen LogP contribution is -2.42. The number of piperidine rings is 2. The lowest BCUT2D eigenvalue weighted by atomic mass is 9.76. The van der Waals surface area contributed by atoms with Crippen LogP contribution in [0.4, 0.5) is 0 Å². The van der Waals surface area contributed by atoms with Crippen molar-refractivity contribution in [2.75, 3.05) is 26.2 Å². The Balaban J connectivity index is 1.26. The highest BCUT2D eigenvalue weighted by Gasteiger charge is 2.36. The van der Waals surface area contributed by atoms with Gasteiger partial charge in [0.15, 0.2) is 0 Å². The van der Waals surface area contributed by atoms with E-state index in [0.717, 1.165) is 85.1 Å². The first-order valence-electron chi connectivity index (χ1n) is 14.0. The molecular weight excluding hydrogens is 630 g/mol. The highest BCUT2D eigenvalue weighted by atomic mass is 79.9. The molecule has 1 aliphatic carbocycles. The Bertz CT molecular complexity index is 1190. The molecule has 0 spiro atoms. The molecule has 2 fully saturated rings. The Morgan fingerprint density at radius 2 is 1.61 bits per heavy atom. The lowest BCUT2D eigenvalue weighted by Gasteiger charge is -2.38. The Morgan fingerprint density at radius 3 is 2.32 bits per heavy atom. The molecule has 2 aliphatic heterocycles. The molecule has 0 bridgehead atoms. The highest BCUT2D eigenvalue weighted by molar-refractivity contribution is 9.10. The van der Waals surface area contributed by atoms with E-state index in [0.29, 0.717) is 24.7 Å². The minimum absolute atomic E-state index is 0.185. The summed E-state index contributed by atoms with van der Waals surface area (Å²) >= 11 is 13.9. The molecule has 0 unspecified atom stereocenters. The van der Waals surface area contributed by atoms with Crippen molar-refractivity contribution in [3.8, 4) is 0 Å². The number of amides is 2. The van der Waals surface area contributed by atoms with Crippen LogP contribution in [0, 0.1) is 11.8 Å². The van der Waals surface area contributed by atoms with Gasteiger partial charge in [-0.3, -0.25) is 14.6 Å². The van der Waals surface area contributed by atoms with Crippen molar-refractivity contribution in [1.82, 2.24) is 14.8 Å². The van der Waals surface area contributed by atoms with Crippen molar-refractivity contribution in [3.63, 3.8) is 0 Å². The van der Waals surface area contributed by atoms with Crippen LogP contribution in [0.3, 0.4) is 0 Å². The Kier molecular flexibility index (Phi) is 9.16. The van der Waals surface area contributed by atoms with E-state index in [1.54, 1.807) is 0 Å². The maximum Gasteiger partial charge on any atom is 0.222 e. The quantitative estimate of drug-likeness (QED) is 0.341. The first-order chi connectivity index (χ1) is 18.3. The average molecular weight is 666 g/mol. The summed E-state index contributed by atoms with van der Waals surface area (Å²) in [7, 11) is 0. The maximum atomic E-state index is 13.3. The molecule has 0 N–H and O–H groups in total. The third-order valence-electron chi connectivity index (χ3n) is 8.68. The smallest absolute Gasteiger partial charge is 0.222 e. The van der Waals surface area contributed by atoms with Gasteiger partial charge in [0.25, 0.3) is 0 Å². The lowest BCUT2D eigenvalue weighted by molar-refractivity contribution is -0.135. The van der Waals surface area contributed by atoms with Crippen LogP contribution in [-0.2, 0) is 22.4 Å². The number of aromatic nitrogens is 1. The van der Waals surface area contributed by atoms with Crippen molar-refractivity contribution >= 4 is 55.3 Å². The molecule has 2 amide bonds. The van der Waals surface area contributed by atoms with E-state index in [1.807, 2.05) is 24.1 Å². The fourth-order valence-electron chi connectivity index (χ4n) is 6.65. The molecule has 5 rings (SSSR count). The predicted molar refractivity (Wildman–Crippen MR) is 158 cm³/mol. The second-order valence-corrected chi connectivity index (χ2v) is 13.3. The van der Waals surface area contributed by atoms with Gasteiger partial charge in [-0.2, -0.15) is 0 Å². The van der Waals surface area contributed by atoms with Gasteiger partial charge < -0.3 is 9.80 Å². The monoisotopic (exact) mass is 663 g/mol. The summed E-state index contributed by atoms with van der Waals surface area (Å²) in [5.74, 6) is 1.52. The summed E-state index contributed by atoms with van der Waals surface area (Å²) in [4.78, 5) is 34.5. The predicted octanol–water partition coefficient (Wildman–Crippen LogP) is 7.16. The summed E-state index contributed by atoms with van der Waals surface area (Å²) in [6.45, 7) is 5.22. The number of carbonyl (C=O) groups excluding carboxylic acids is 2. The normalized spacial score (nSPS) is 20.6. The van der Waals surface area contributed by atoms with E-state index < -0.39 is 0 Å². The number of hydrogen-bond acceptors (Lipinski definition) is 3. The van der Waals surface area contributed by atoms with Crippen molar-refractivity contribution in [2.45, 2.75) is 70.6 Å². The SMILES string of the molecule is CCCC(=O)N1CCC(CC(=O)N2CCC([C@H]3c4ncc(Br)cc4CCc4cc(Cl)cc(Br)c43)CC2)CC1. The Hall–Kier alpha value is -1.44. The molecule has 0 saturated carbocycles. The summed E-state index contributed by atoms with van der Waals surface area (Å²) in [6.07, 6.45) is 9.73. The van der Waals surface area contributed by atoms with Crippen LogP contribution in [0.2, 0.25) is 5.02 Å². The van der Waals surface area contributed by atoms with E-state index in [2.05, 4.69) is 48.9 Å². The Morgan fingerprint density at radius 1 is 0.947 bits per heavy atom. The van der Waals surface area contributed by atoms with E-state index >= 15 is 0 Å². The highest BCUT2D eigenvalue weighted by Crippen LogP contribution is 2.46. The average Bonchev–Trinajstić information content (AvgIpc) is 3.06. The van der Waals surface area contributed by atoms with Gasteiger partial charge >= 0.3 is 0 Å². The van der Waals surface area contributed by atoms with Crippen LogP contribution < -0.4 is 0 Å². The molecule has 38 heavy (non-hydrogen) atoms. The summed E-state index contributed by atoms with van der Waals surface area (Å²) in [5, 5.41) is 0.760. The van der Waals surface area contributed by atoms with Crippen LogP contribution in [0.15, 0.2) is 33.3 Å². The number of nitrogens with zero attached hydrogens (tertiary/aromatic N) is 3. The second-order valence-electron chi connectivity index (χ2n) is 11.1. The van der Waals surface area contributed by atoms with Gasteiger partial charge in [0.1, 0.15) is 0 Å². The molecule has 8 heteroatoms. The Labute approximate surface area is 248 Å². The topological polar surface area (TPSA) is 53.5 Å². The van der Waals surface area contributed by atoms with Gasteiger partial charge in [0, 0.05) is 65.1 Å². The standard InChI is InChI=1S/C30H36Br2ClN3O2/c1-2-3-26(37)35-10-6-19(7-11-35)14-27(38)36-12-8-20(9-13-36)29-28-21(16-24(33)17-25(28)32)4-5-22-15-23(31)18-34-30(22)29/h15-20,29H,2-14H2,1H3/t29-/m1/s1. The number of aryl methyl sites for hydroxylation is 2. The van der Waals surface area contributed by atoms with Crippen LogP contribution in [0.5, 0.6) is 0 Å². The molecule has 1 aromatic heterocycles. The summed E-state index contributed by atoms with van der Waals surface area (Å²) in [6, 6.07) is 6.35. The van der Waals surface area contributed by atoms with E-state index in [-0.39, 0.29) is 17.7 Å². The number of fused-ring (bicyclic) bond motifs is 2. The fraction of sp³-hybridized carbons (Fsp3) is 0.567. The minimum Gasteiger partial charge on any atom is -0.343 e. The van der Waals surface area contributed by atoms with Crippen molar-refractivity contribution in [3.05, 3.63) is 60.7 Å². The number of pyridine rings is 1.